The van der Waals surface area contributed by atoms with Crippen LogP contribution >= 0.6 is 15.9 Å². The van der Waals surface area contributed by atoms with E-state index in [1.54, 1.807) is 7.11 Å². The maximum atomic E-state index is 5.09. The van der Waals surface area contributed by atoms with Gasteiger partial charge in [-0.3, -0.25) is 0 Å². The van der Waals surface area contributed by atoms with Gasteiger partial charge in [0.15, 0.2) is 0 Å². The second kappa shape index (κ2) is 4.40. The van der Waals surface area contributed by atoms with E-state index in [9.17, 15) is 0 Å². The number of hydrogen-bond acceptors (Lipinski definition) is 3. The van der Waals surface area contributed by atoms with E-state index in [2.05, 4.69) is 25.9 Å². The Hall–Kier alpha value is -1.42. The van der Waals surface area contributed by atoms with Gasteiger partial charge in [0.2, 0.25) is 0 Å². The number of aromatic nitrogens is 2. The third-order valence-corrected chi connectivity index (χ3v) is 2.45. The molecular weight excluding hydrogens is 256 g/mol. The van der Waals surface area contributed by atoms with Crippen LogP contribution in [0.1, 0.15) is 0 Å². The number of hydrogen-bond donors (Lipinski definition) is 0. The Kier molecular flexibility index (Phi) is 2.97. The Morgan fingerprint density at radius 3 is 2.47 bits per heavy atom. The molecule has 0 bridgehead atoms. The molecule has 0 atom stereocenters. The third-order valence-electron chi connectivity index (χ3n) is 2.02. The van der Waals surface area contributed by atoms with Crippen LogP contribution in [0.5, 0.6) is 5.75 Å². The normalized spacial score (nSPS) is 10.0. The number of rotatable bonds is 2. The molecule has 2 aromatic rings. The zero-order chi connectivity index (χ0) is 10.7. The first-order chi connectivity index (χ1) is 7.29. The maximum absolute atomic E-state index is 5.09. The van der Waals surface area contributed by atoms with E-state index in [0.29, 0.717) is 0 Å². The lowest BCUT2D eigenvalue weighted by Crippen LogP contribution is -1.86. The second-order valence-corrected chi connectivity index (χ2v) is 3.77. The van der Waals surface area contributed by atoms with Gasteiger partial charge in [-0.15, -0.1) is 0 Å². The molecule has 0 aliphatic heterocycles. The molecule has 0 fully saturated rings. The standard InChI is InChI=1S/C11H9BrN2O/c1-15-9-4-2-8(3-5-9)10-6-11(12)14-7-13-10/h2-7H,1H3. The van der Waals surface area contributed by atoms with Crippen molar-refractivity contribution in [2.24, 2.45) is 0 Å². The Bertz CT molecular complexity index is 456. The summed E-state index contributed by atoms with van der Waals surface area (Å²) in [6.45, 7) is 0. The Labute approximate surface area is 96.3 Å². The lowest BCUT2D eigenvalue weighted by Gasteiger charge is -2.02. The lowest BCUT2D eigenvalue weighted by molar-refractivity contribution is 0.415. The topological polar surface area (TPSA) is 35.0 Å². The average Bonchev–Trinajstić information content (AvgIpc) is 2.29. The molecule has 0 saturated carbocycles. The SMILES string of the molecule is COc1ccc(-c2cc(Br)ncn2)cc1. The van der Waals surface area contributed by atoms with Gasteiger partial charge in [0.05, 0.1) is 12.8 Å². The smallest absolute Gasteiger partial charge is 0.118 e. The van der Waals surface area contributed by atoms with Crippen LogP contribution in [-0.4, -0.2) is 17.1 Å². The minimum absolute atomic E-state index is 0.781. The monoisotopic (exact) mass is 264 g/mol. The van der Waals surface area contributed by atoms with Crippen molar-refractivity contribution >= 4 is 15.9 Å². The van der Waals surface area contributed by atoms with Crippen molar-refractivity contribution in [2.75, 3.05) is 7.11 Å². The zero-order valence-electron chi connectivity index (χ0n) is 8.14. The van der Waals surface area contributed by atoms with Crippen LogP contribution in [0.4, 0.5) is 0 Å². The van der Waals surface area contributed by atoms with E-state index in [-0.39, 0.29) is 0 Å². The fourth-order valence-electron chi connectivity index (χ4n) is 1.25. The molecular formula is C11H9BrN2O. The van der Waals surface area contributed by atoms with Gasteiger partial charge in [-0.1, -0.05) is 0 Å². The van der Waals surface area contributed by atoms with E-state index in [0.717, 1.165) is 21.6 Å². The molecule has 0 radical (unpaired) electrons. The van der Waals surface area contributed by atoms with Crippen LogP contribution in [-0.2, 0) is 0 Å². The van der Waals surface area contributed by atoms with E-state index in [4.69, 9.17) is 4.74 Å². The van der Waals surface area contributed by atoms with Crippen molar-refractivity contribution < 1.29 is 4.74 Å². The van der Waals surface area contributed by atoms with Gasteiger partial charge < -0.3 is 4.74 Å². The minimum Gasteiger partial charge on any atom is -0.497 e. The van der Waals surface area contributed by atoms with Crippen LogP contribution in [0.15, 0.2) is 41.3 Å². The van der Waals surface area contributed by atoms with Gasteiger partial charge >= 0.3 is 0 Å². The van der Waals surface area contributed by atoms with E-state index < -0.39 is 0 Å². The fourth-order valence-corrected chi connectivity index (χ4v) is 1.56. The van der Waals surface area contributed by atoms with Gasteiger partial charge in [0.1, 0.15) is 16.7 Å². The number of ether oxygens (including phenoxy) is 1. The summed E-state index contributed by atoms with van der Waals surface area (Å²) in [6.07, 6.45) is 1.53. The number of halogens is 1. The van der Waals surface area contributed by atoms with Crippen molar-refractivity contribution in [2.45, 2.75) is 0 Å². The van der Waals surface area contributed by atoms with Crippen molar-refractivity contribution in [1.29, 1.82) is 0 Å². The molecule has 15 heavy (non-hydrogen) atoms. The first-order valence-electron chi connectivity index (χ1n) is 4.41. The van der Waals surface area contributed by atoms with Gasteiger partial charge in [-0.05, 0) is 46.3 Å². The average molecular weight is 265 g/mol. The van der Waals surface area contributed by atoms with Crippen molar-refractivity contribution in [3.8, 4) is 17.0 Å². The molecule has 0 unspecified atom stereocenters. The Morgan fingerprint density at radius 2 is 1.87 bits per heavy atom. The highest BCUT2D eigenvalue weighted by molar-refractivity contribution is 9.10. The van der Waals surface area contributed by atoms with Crippen molar-refractivity contribution in [3.63, 3.8) is 0 Å². The maximum Gasteiger partial charge on any atom is 0.118 e. The van der Waals surface area contributed by atoms with Crippen LogP contribution < -0.4 is 4.74 Å². The molecule has 0 spiro atoms. The highest BCUT2D eigenvalue weighted by Gasteiger charge is 2.00. The molecule has 0 aliphatic carbocycles. The summed E-state index contributed by atoms with van der Waals surface area (Å²) in [6, 6.07) is 9.62. The van der Waals surface area contributed by atoms with Crippen LogP contribution in [0, 0.1) is 0 Å². The summed E-state index contributed by atoms with van der Waals surface area (Å²) in [7, 11) is 1.65. The van der Waals surface area contributed by atoms with Crippen molar-refractivity contribution in [3.05, 3.63) is 41.3 Å². The first kappa shape index (κ1) is 10.1. The number of methoxy groups -OCH3 is 1. The lowest BCUT2D eigenvalue weighted by atomic mass is 10.1. The quantitative estimate of drug-likeness (QED) is 0.783. The largest absolute Gasteiger partial charge is 0.497 e. The van der Waals surface area contributed by atoms with Crippen molar-refractivity contribution in [1.82, 2.24) is 9.97 Å². The number of benzene rings is 1. The Morgan fingerprint density at radius 1 is 1.13 bits per heavy atom. The molecule has 0 saturated heterocycles. The van der Waals surface area contributed by atoms with Gasteiger partial charge in [0.25, 0.3) is 0 Å². The molecule has 1 heterocycles. The Balaban J connectivity index is 2.37. The van der Waals surface area contributed by atoms with Crippen LogP contribution in [0.25, 0.3) is 11.3 Å². The summed E-state index contributed by atoms with van der Waals surface area (Å²) in [5.41, 5.74) is 1.93. The first-order valence-corrected chi connectivity index (χ1v) is 5.21. The molecule has 0 aliphatic rings. The summed E-state index contributed by atoms with van der Waals surface area (Å²) in [5, 5.41) is 0. The molecule has 0 N–H and O–H groups in total. The van der Waals surface area contributed by atoms with E-state index in [1.807, 2.05) is 30.3 Å². The van der Waals surface area contributed by atoms with Crippen LogP contribution in [0.2, 0.25) is 0 Å². The van der Waals surface area contributed by atoms with Crippen LogP contribution in [0.3, 0.4) is 0 Å². The molecule has 4 heteroatoms. The highest BCUT2D eigenvalue weighted by Crippen LogP contribution is 2.21. The van der Waals surface area contributed by atoms with E-state index >= 15 is 0 Å². The molecule has 0 amide bonds. The molecule has 76 valence electrons. The summed E-state index contributed by atoms with van der Waals surface area (Å²) in [4.78, 5) is 8.16. The molecule has 3 nitrogen and oxygen atoms in total. The summed E-state index contributed by atoms with van der Waals surface area (Å²) in [5.74, 6) is 0.840. The zero-order valence-corrected chi connectivity index (χ0v) is 9.73. The third kappa shape index (κ3) is 2.33. The predicted molar refractivity (Wildman–Crippen MR) is 61.7 cm³/mol. The van der Waals surface area contributed by atoms with Gasteiger partial charge in [0, 0.05) is 5.56 Å². The minimum atomic E-state index is 0.781. The summed E-state index contributed by atoms with van der Waals surface area (Å²) < 4.78 is 5.87. The van der Waals surface area contributed by atoms with Gasteiger partial charge in [-0.2, -0.15) is 0 Å². The molecule has 2 rings (SSSR count). The van der Waals surface area contributed by atoms with E-state index in [1.165, 1.54) is 6.33 Å². The molecule has 1 aromatic heterocycles. The molecule has 1 aromatic carbocycles. The fraction of sp³-hybridized carbons (Fsp3) is 0.0909. The highest BCUT2D eigenvalue weighted by atomic mass is 79.9. The second-order valence-electron chi connectivity index (χ2n) is 2.95. The predicted octanol–water partition coefficient (Wildman–Crippen LogP) is 2.91. The summed E-state index contributed by atoms with van der Waals surface area (Å²) >= 11 is 3.31. The van der Waals surface area contributed by atoms with Gasteiger partial charge in [-0.25, -0.2) is 9.97 Å². The number of nitrogens with zero attached hydrogens (tertiary/aromatic N) is 2.